The van der Waals surface area contributed by atoms with E-state index in [4.69, 9.17) is 4.42 Å². The fourth-order valence-electron chi connectivity index (χ4n) is 1.53. The molecule has 1 N–H and O–H groups in total. The van der Waals surface area contributed by atoms with E-state index in [1.165, 1.54) is 6.26 Å². The lowest BCUT2D eigenvalue weighted by Gasteiger charge is -2.10. The van der Waals surface area contributed by atoms with Gasteiger partial charge in [0.15, 0.2) is 23.3 Å². The Morgan fingerprint density at radius 2 is 1.47 bits per heavy atom. The molecule has 0 amide bonds. The lowest BCUT2D eigenvalue weighted by molar-refractivity contribution is 0.381. The monoisotopic (exact) mass is 277 g/mol. The Labute approximate surface area is 104 Å². The number of halogens is 5. The van der Waals surface area contributed by atoms with E-state index in [-0.39, 0.29) is 13.0 Å². The number of furan rings is 1. The minimum Gasteiger partial charge on any atom is -0.469 e. The number of hydrogen-bond acceptors (Lipinski definition) is 2. The average Bonchev–Trinajstić information content (AvgIpc) is 2.91. The van der Waals surface area contributed by atoms with Gasteiger partial charge in [-0.15, -0.1) is 0 Å². The van der Waals surface area contributed by atoms with E-state index < -0.39 is 34.8 Å². The number of anilines is 1. The summed E-state index contributed by atoms with van der Waals surface area (Å²) >= 11 is 0. The summed E-state index contributed by atoms with van der Waals surface area (Å²) in [7, 11) is 0. The first kappa shape index (κ1) is 13.4. The topological polar surface area (TPSA) is 25.2 Å². The van der Waals surface area contributed by atoms with Gasteiger partial charge in [-0.3, -0.25) is 0 Å². The van der Waals surface area contributed by atoms with Crippen LogP contribution in [0, 0.1) is 29.1 Å². The molecule has 102 valence electrons. The van der Waals surface area contributed by atoms with Gasteiger partial charge in [0.2, 0.25) is 5.82 Å². The highest BCUT2D eigenvalue weighted by atomic mass is 19.2. The molecule has 0 aliphatic heterocycles. The number of benzene rings is 1. The molecule has 0 saturated carbocycles. The predicted molar refractivity (Wildman–Crippen MR) is 57.1 cm³/mol. The number of rotatable bonds is 4. The van der Waals surface area contributed by atoms with Crippen LogP contribution in [0.2, 0.25) is 0 Å². The first-order valence-corrected chi connectivity index (χ1v) is 5.30. The van der Waals surface area contributed by atoms with Crippen LogP contribution in [-0.2, 0) is 6.42 Å². The summed E-state index contributed by atoms with van der Waals surface area (Å²) in [4.78, 5) is 0. The summed E-state index contributed by atoms with van der Waals surface area (Å²) in [5.41, 5.74) is -1.04. The van der Waals surface area contributed by atoms with Crippen molar-refractivity contribution in [3.8, 4) is 0 Å². The van der Waals surface area contributed by atoms with E-state index >= 15 is 0 Å². The summed E-state index contributed by atoms with van der Waals surface area (Å²) < 4.78 is 70.0. The van der Waals surface area contributed by atoms with Crippen molar-refractivity contribution in [2.45, 2.75) is 6.42 Å². The van der Waals surface area contributed by atoms with Crippen molar-refractivity contribution in [3.05, 3.63) is 53.2 Å². The lowest BCUT2D eigenvalue weighted by atomic mass is 10.2. The second-order valence-corrected chi connectivity index (χ2v) is 3.70. The zero-order chi connectivity index (χ0) is 14.0. The van der Waals surface area contributed by atoms with Gasteiger partial charge in [0.05, 0.1) is 6.26 Å². The quantitative estimate of drug-likeness (QED) is 0.524. The standard InChI is InChI=1S/C12H8F5NO/c13-7-8(14)10(16)12(11(17)9(7)15)18-4-3-6-2-1-5-19-6/h1-2,5,18H,3-4H2. The molecule has 0 aliphatic carbocycles. The summed E-state index contributed by atoms with van der Waals surface area (Å²) in [5, 5.41) is 2.17. The minimum absolute atomic E-state index is 0.0358. The van der Waals surface area contributed by atoms with Gasteiger partial charge in [-0.2, -0.15) is 0 Å². The highest BCUT2D eigenvalue weighted by Crippen LogP contribution is 2.26. The van der Waals surface area contributed by atoms with Crippen LogP contribution in [0.1, 0.15) is 5.76 Å². The molecule has 19 heavy (non-hydrogen) atoms. The summed E-state index contributed by atoms with van der Waals surface area (Å²) in [6, 6.07) is 3.24. The van der Waals surface area contributed by atoms with Crippen LogP contribution < -0.4 is 5.32 Å². The maximum atomic E-state index is 13.3. The molecule has 1 aromatic heterocycles. The smallest absolute Gasteiger partial charge is 0.200 e. The number of nitrogens with one attached hydrogen (secondary N) is 1. The van der Waals surface area contributed by atoms with Gasteiger partial charge in [-0.05, 0) is 12.1 Å². The van der Waals surface area contributed by atoms with Crippen molar-refractivity contribution < 1.29 is 26.4 Å². The van der Waals surface area contributed by atoms with Crippen molar-refractivity contribution in [1.82, 2.24) is 0 Å². The van der Waals surface area contributed by atoms with Gasteiger partial charge < -0.3 is 9.73 Å². The van der Waals surface area contributed by atoms with Crippen LogP contribution in [0.4, 0.5) is 27.6 Å². The Hall–Kier alpha value is -2.05. The molecule has 0 unspecified atom stereocenters. The first-order chi connectivity index (χ1) is 9.02. The van der Waals surface area contributed by atoms with E-state index in [0.29, 0.717) is 5.76 Å². The Morgan fingerprint density at radius 3 is 2.00 bits per heavy atom. The Bertz CT molecular complexity index is 553. The second-order valence-electron chi connectivity index (χ2n) is 3.70. The Morgan fingerprint density at radius 1 is 0.895 bits per heavy atom. The lowest BCUT2D eigenvalue weighted by Crippen LogP contribution is -2.12. The maximum Gasteiger partial charge on any atom is 0.200 e. The molecule has 0 saturated heterocycles. The number of hydrogen-bond donors (Lipinski definition) is 1. The molecule has 0 atom stereocenters. The molecule has 2 rings (SSSR count). The van der Waals surface area contributed by atoms with Crippen LogP contribution in [-0.4, -0.2) is 6.54 Å². The molecule has 2 nitrogen and oxygen atoms in total. The SMILES string of the molecule is Fc1c(F)c(F)c(NCCc2ccco2)c(F)c1F. The van der Waals surface area contributed by atoms with Crippen LogP contribution in [0.25, 0.3) is 0 Å². The van der Waals surface area contributed by atoms with Gasteiger partial charge in [0, 0.05) is 13.0 Å². The molecule has 1 heterocycles. The molecular formula is C12H8F5NO. The van der Waals surface area contributed by atoms with Gasteiger partial charge in [0.1, 0.15) is 11.4 Å². The van der Waals surface area contributed by atoms with Crippen molar-refractivity contribution in [2.24, 2.45) is 0 Å². The maximum absolute atomic E-state index is 13.3. The molecule has 0 aliphatic rings. The zero-order valence-corrected chi connectivity index (χ0v) is 9.44. The molecule has 0 spiro atoms. The molecule has 0 bridgehead atoms. The van der Waals surface area contributed by atoms with E-state index in [2.05, 4.69) is 5.32 Å². The fourth-order valence-corrected chi connectivity index (χ4v) is 1.53. The third kappa shape index (κ3) is 2.54. The van der Waals surface area contributed by atoms with Crippen LogP contribution in [0.3, 0.4) is 0 Å². The average molecular weight is 277 g/mol. The van der Waals surface area contributed by atoms with Gasteiger partial charge in [-0.25, -0.2) is 22.0 Å². The van der Waals surface area contributed by atoms with Crippen LogP contribution in [0.5, 0.6) is 0 Å². The van der Waals surface area contributed by atoms with E-state index in [1.54, 1.807) is 12.1 Å². The molecule has 7 heteroatoms. The van der Waals surface area contributed by atoms with E-state index in [1.807, 2.05) is 0 Å². The Kier molecular flexibility index (Phi) is 3.73. The largest absolute Gasteiger partial charge is 0.469 e. The summed E-state index contributed by atoms with van der Waals surface area (Å²) in [5.74, 6) is -9.35. The third-order valence-electron chi connectivity index (χ3n) is 2.46. The van der Waals surface area contributed by atoms with Crippen molar-refractivity contribution >= 4 is 5.69 Å². The first-order valence-electron chi connectivity index (χ1n) is 5.30. The van der Waals surface area contributed by atoms with Crippen LogP contribution in [0.15, 0.2) is 22.8 Å². The normalized spacial score (nSPS) is 10.8. The van der Waals surface area contributed by atoms with Crippen molar-refractivity contribution in [3.63, 3.8) is 0 Å². The second kappa shape index (κ2) is 5.29. The molecule has 2 aromatic rings. The summed E-state index contributed by atoms with van der Waals surface area (Å²) in [6.07, 6.45) is 1.65. The zero-order valence-electron chi connectivity index (χ0n) is 9.44. The summed E-state index contributed by atoms with van der Waals surface area (Å²) in [6.45, 7) is -0.0358. The van der Waals surface area contributed by atoms with Crippen LogP contribution >= 0.6 is 0 Å². The highest BCUT2D eigenvalue weighted by Gasteiger charge is 2.25. The van der Waals surface area contributed by atoms with Gasteiger partial charge in [0.25, 0.3) is 0 Å². The van der Waals surface area contributed by atoms with Crippen molar-refractivity contribution in [1.29, 1.82) is 0 Å². The predicted octanol–water partition coefficient (Wildman–Crippen LogP) is 3.63. The fraction of sp³-hybridized carbons (Fsp3) is 0.167. The highest BCUT2D eigenvalue weighted by molar-refractivity contribution is 5.47. The minimum atomic E-state index is -2.17. The molecule has 0 radical (unpaired) electrons. The van der Waals surface area contributed by atoms with E-state index in [9.17, 15) is 22.0 Å². The molecular weight excluding hydrogens is 269 g/mol. The molecule has 0 fully saturated rings. The van der Waals surface area contributed by atoms with E-state index in [0.717, 1.165) is 0 Å². The van der Waals surface area contributed by atoms with Gasteiger partial charge in [-0.1, -0.05) is 0 Å². The van der Waals surface area contributed by atoms with Gasteiger partial charge >= 0.3 is 0 Å². The Balaban J connectivity index is 2.16. The van der Waals surface area contributed by atoms with Crippen molar-refractivity contribution in [2.75, 3.05) is 11.9 Å². The molecule has 1 aromatic carbocycles. The third-order valence-corrected chi connectivity index (χ3v) is 2.46.